The molecule has 0 aliphatic heterocycles. The summed E-state index contributed by atoms with van der Waals surface area (Å²) >= 11 is 0. The van der Waals surface area contributed by atoms with E-state index in [-0.39, 0.29) is 0 Å². The zero-order valence-electron chi connectivity index (χ0n) is 17.4. The molecule has 0 saturated carbocycles. The van der Waals surface area contributed by atoms with Gasteiger partial charge in [-0.2, -0.15) is 5.10 Å². The third kappa shape index (κ3) is 8.70. The van der Waals surface area contributed by atoms with E-state index < -0.39 is 0 Å². The average molecular weight is 355 g/mol. The number of methoxy groups -OCH3 is 1. The van der Waals surface area contributed by atoms with Crippen molar-refractivity contribution in [3.05, 3.63) is 59.7 Å². The molecule has 0 saturated heterocycles. The van der Waals surface area contributed by atoms with Gasteiger partial charge in [-0.15, -0.1) is 0 Å². The lowest BCUT2D eigenvalue weighted by Crippen LogP contribution is -2.03. The number of benzene rings is 2. The number of aryl methyl sites for hydroxylation is 1. The summed E-state index contributed by atoms with van der Waals surface area (Å²) in [5.41, 5.74) is 8.09. The molecule has 0 unspecified atom stereocenters. The number of rotatable bonds is 6. The van der Waals surface area contributed by atoms with Crippen molar-refractivity contribution in [1.29, 1.82) is 0 Å². The highest BCUT2D eigenvalue weighted by Gasteiger charge is 2.04. The number of hydrogen-bond donors (Lipinski definition) is 1. The molecule has 0 fully saturated rings. The smallest absolute Gasteiger partial charge is 0.119 e. The van der Waals surface area contributed by atoms with E-state index in [9.17, 15) is 0 Å². The maximum atomic E-state index is 5.14. The number of anilines is 1. The fraction of sp³-hybridized carbons (Fsp3) is 0.435. The van der Waals surface area contributed by atoms with Crippen molar-refractivity contribution in [2.75, 3.05) is 12.5 Å². The van der Waals surface area contributed by atoms with Crippen LogP contribution in [0.1, 0.15) is 59.1 Å². The lowest BCUT2D eigenvalue weighted by Gasteiger charge is -2.09. The maximum Gasteiger partial charge on any atom is 0.119 e. The molecule has 0 heterocycles. The Balaban J connectivity index is 0.000000597. The SMILES string of the molecule is CC(C)(C)C.CCCc1ccccc1/C(C)=N/Nc1ccc(OC)cc1. The summed E-state index contributed by atoms with van der Waals surface area (Å²) in [5.74, 6) is 0.842. The van der Waals surface area contributed by atoms with E-state index in [2.05, 4.69) is 69.4 Å². The van der Waals surface area contributed by atoms with Crippen LogP contribution < -0.4 is 10.2 Å². The highest BCUT2D eigenvalue weighted by molar-refractivity contribution is 6.00. The molecule has 0 aliphatic carbocycles. The molecule has 2 rings (SSSR count). The Labute approximate surface area is 159 Å². The summed E-state index contributed by atoms with van der Waals surface area (Å²) in [4.78, 5) is 0. The van der Waals surface area contributed by atoms with Gasteiger partial charge >= 0.3 is 0 Å². The standard InChI is InChI=1S/C18H22N2O.C5H12/c1-4-7-15-8-5-6-9-18(15)14(2)19-20-16-10-12-17(21-3)13-11-16;1-5(2,3)4/h5-6,8-13,20H,4,7H2,1-3H3;1-4H3/b19-14+;. The first-order valence-corrected chi connectivity index (χ1v) is 9.27. The van der Waals surface area contributed by atoms with E-state index in [1.165, 1.54) is 11.1 Å². The van der Waals surface area contributed by atoms with Crippen LogP contribution in [-0.4, -0.2) is 12.8 Å². The van der Waals surface area contributed by atoms with E-state index in [4.69, 9.17) is 4.74 Å². The van der Waals surface area contributed by atoms with E-state index in [0.29, 0.717) is 5.41 Å². The number of nitrogens with one attached hydrogen (secondary N) is 1. The molecule has 26 heavy (non-hydrogen) atoms. The van der Waals surface area contributed by atoms with E-state index in [1.54, 1.807) is 7.11 Å². The van der Waals surface area contributed by atoms with Crippen molar-refractivity contribution >= 4 is 11.4 Å². The molecule has 3 heteroatoms. The Morgan fingerprint density at radius 2 is 1.58 bits per heavy atom. The zero-order valence-corrected chi connectivity index (χ0v) is 17.4. The van der Waals surface area contributed by atoms with Crippen LogP contribution in [0.5, 0.6) is 5.75 Å². The van der Waals surface area contributed by atoms with Gasteiger partial charge in [0, 0.05) is 5.56 Å². The third-order valence-corrected chi connectivity index (χ3v) is 3.37. The Bertz CT molecular complexity index is 676. The van der Waals surface area contributed by atoms with Gasteiger partial charge in [0.25, 0.3) is 0 Å². The molecule has 0 bridgehead atoms. The van der Waals surface area contributed by atoms with Crippen LogP contribution in [0.15, 0.2) is 53.6 Å². The first-order chi connectivity index (χ1) is 12.2. The minimum absolute atomic E-state index is 0.500. The van der Waals surface area contributed by atoms with Crippen molar-refractivity contribution in [3.63, 3.8) is 0 Å². The van der Waals surface area contributed by atoms with Crippen molar-refractivity contribution in [1.82, 2.24) is 0 Å². The largest absolute Gasteiger partial charge is 0.497 e. The Kier molecular flexibility index (Phi) is 8.91. The average Bonchev–Trinajstić information content (AvgIpc) is 2.59. The predicted molar refractivity (Wildman–Crippen MR) is 114 cm³/mol. The van der Waals surface area contributed by atoms with Crippen LogP contribution in [0.25, 0.3) is 0 Å². The topological polar surface area (TPSA) is 33.6 Å². The van der Waals surface area contributed by atoms with Crippen LogP contribution in [0.2, 0.25) is 0 Å². The van der Waals surface area contributed by atoms with E-state index >= 15 is 0 Å². The third-order valence-electron chi connectivity index (χ3n) is 3.37. The lowest BCUT2D eigenvalue weighted by molar-refractivity contribution is 0.415. The maximum absolute atomic E-state index is 5.14. The van der Waals surface area contributed by atoms with Crippen LogP contribution >= 0.6 is 0 Å². The summed E-state index contributed by atoms with van der Waals surface area (Å²) in [6, 6.07) is 16.2. The summed E-state index contributed by atoms with van der Waals surface area (Å²) in [6.45, 7) is 13.0. The van der Waals surface area contributed by atoms with Crippen LogP contribution in [0, 0.1) is 5.41 Å². The molecular formula is C23H34N2O. The molecule has 0 radical (unpaired) electrons. The predicted octanol–water partition coefficient (Wildman–Crippen LogP) is 6.54. The second-order valence-corrected chi connectivity index (χ2v) is 7.94. The quantitative estimate of drug-likeness (QED) is 0.472. The highest BCUT2D eigenvalue weighted by Crippen LogP contribution is 2.16. The molecule has 3 nitrogen and oxygen atoms in total. The highest BCUT2D eigenvalue weighted by atomic mass is 16.5. The monoisotopic (exact) mass is 354 g/mol. The van der Waals surface area contributed by atoms with Crippen molar-refractivity contribution in [2.24, 2.45) is 10.5 Å². The summed E-state index contributed by atoms with van der Waals surface area (Å²) in [7, 11) is 1.66. The van der Waals surface area contributed by atoms with Gasteiger partial charge < -0.3 is 4.74 Å². The van der Waals surface area contributed by atoms with Gasteiger partial charge in [0.15, 0.2) is 0 Å². The fourth-order valence-electron chi connectivity index (χ4n) is 2.23. The molecule has 142 valence electrons. The molecule has 2 aromatic rings. The number of nitrogens with zero attached hydrogens (tertiary/aromatic N) is 1. The number of hydrazone groups is 1. The molecular weight excluding hydrogens is 320 g/mol. The summed E-state index contributed by atoms with van der Waals surface area (Å²) in [5, 5.41) is 4.49. The molecule has 0 aliphatic rings. The normalized spacial score (nSPS) is 11.4. The van der Waals surface area contributed by atoms with Gasteiger partial charge in [-0.3, -0.25) is 5.43 Å². The molecule has 1 N–H and O–H groups in total. The fourth-order valence-corrected chi connectivity index (χ4v) is 2.23. The van der Waals surface area contributed by atoms with Crippen LogP contribution in [0.3, 0.4) is 0 Å². The van der Waals surface area contributed by atoms with Gasteiger partial charge in [-0.25, -0.2) is 0 Å². The van der Waals surface area contributed by atoms with E-state index in [1.807, 2.05) is 31.2 Å². The van der Waals surface area contributed by atoms with E-state index in [0.717, 1.165) is 30.0 Å². The van der Waals surface area contributed by atoms with Crippen molar-refractivity contribution in [2.45, 2.75) is 54.4 Å². The number of hydrogen-bond acceptors (Lipinski definition) is 3. The first kappa shape index (κ1) is 21.8. The van der Waals surface area contributed by atoms with Gasteiger partial charge in [0.2, 0.25) is 0 Å². The minimum Gasteiger partial charge on any atom is -0.497 e. The first-order valence-electron chi connectivity index (χ1n) is 9.27. The Morgan fingerprint density at radius 1 is 1.00 bits per heavy atom. The van der Waals surface area contributed by atoms with Gasteiger partial charge in [-0.05, 0) is 48.6 Å². The molecule has 0 atom stereocenters. The molecule has 0 amide bonds. The van der Waals surface area contributed by atoms with Crippen LogP contribution in [0.4, 0.5) is 5.69 Å². The Morgan fingerprint density at radius 3 is 2.12 bits per heavy atom. The summed E-state index contributed by atoms with van der Waals surface area (Å²) in [6.07, 6.45) is 2.21. The van der Waals surface area contributed by atoms with Gasteiger partial charge in [0.05, 0.1) is 18.5 Å². The molecule has 2 aromatic carbocycles. The minimum atomic E-state index is 0.500. The summed E-state index contributed by atoms with van der Waals surface area (Å²) < 4.78 is 5.14. The Hall–Kier alpha value is -2.29. The van der Waals surface area contributed by atoms with Gasteiger partial charge in [-0.1, -0.05) is 65.3 Å². The van der Waals surface area contributed by atoms with Crippen molar-refractivity contribution < 1.29 is 4.74 Å². The number of ether oxygens (including phenoxy) is 1. The zero-order chi connectivity index (χ0) is 19.6. The second kappa shape index (κ2) is 10.6. The van der Waals surface area contributed by atoms with Gasteiger partial charge in [0.1, 0.15) is 5.75 Å². The lowest BCUT2D eigenvalue weighted by atomic mass is 10.0. The second-order valence-electron chi connectivity index (χ2n) is 7.94. The molecule has 0 spiro atoms. The van der Waals surface area contributed by atoms with Crippen LogP contribution in [-0.2, 0) is 6.42 Å². The molecule has 0 aromatic heterocycles. The van der Waals surface area contributed by atoms with Crippen molar-refractivity contribution in [3.8, 4) is 5.75 Å².